The maximum atomic E-state index is 12.6. The molecule has 0 radical (unpaired) electrons. The molecule has 6 heteroatoms. The molecular weight excluding hydrogens is 288 g/mol. The third-order valence-electron chi connectivity index (χ3n) is 3.81. The van der Waals surface area contributed by atoms with Crippen LogP contribution in [0.4, 0.5) is 0 Å². The minimum Gasteiger partial charge on any atom is -0.480 e. The van der Waals surface area contributed by atoms with Gasteiger partial charge in [-0.25, -0.2) is 4.79 Å². The number of amides is 1. The minimum absolute atomic E-state index is 0.181. The van der Waals surface area contributed by atoms with Crippen molar-refractivity contribution in [2.45, 2.75) is 19.0 Å². The molecule has 21 heavy (non-hydrogen) atoms. The number of rotatable bonds is 4. The van der Waals surface area contributed by atoms with Crippen LogP contribution in [-0.2, 0) is 9.59 Å². The van der Waals surface area contributed by atoms with Gasteiger partial charge in [0, 0.05) is 24.1 Å². The molecule has 0 bridgehead atoms. The highest BCUT2D eigenvalue weighted by molar-refractivity contribution is 7.99. The summed E-state index contributed by atoms with van der Waals surface area (Å²) in [6, 6.07) is 8.24. The van der Waals surface area contributed by atoms with Gasteiger partial charge >= 0.3 is 5.97 Å². The van der Waals surface area contributed by atoms with Gasteiger partial charge in [-0.1, -0.05) is 37.3 Å². The number of carbonyl (C=O) groups is 2. The van der Waals surface area contributed by atoms with Crippen LogP contribution >= 0.6 is 11.8 Å². The van der Waals surface area contributed by atoms with Crippen LogP contribution in [0.3, 0.4) is 0 Å². The number of carboxylic acids is 1. The summed E-state index contributed by atoms with van der Waals surface area (Å²) in [6.07, 6.45) is 0. The summed E-state index contributed by atoms with van der Waals surface area (Å²) in [4.78, 5) is 25.4. The topological polar surface area (TPSA) is 83.6 Å². The second-order valence-electron chi connectivity index (χ2n) is 5.19. The Hall–Kier alpha value is -1.53. The van der Waals surface area contributed by atoms with Gasteiger partial charge < -0.3 is 15.7 Å². The molecule has 1 fully saturated rings. The fourth-order valence-electron chi connectivity index (χ4n) is 2.45. The summed E-state index contributed by atoms with van der Waals surface area (Å²) in [7, 11) is 0. The van der Waals surface area contributed by atoms with Crippen molar-refractivity contribution < 1.29 is 14.7 Å². The Labute approximate surface area is 128 Å². The van der Waals surface area contributed by atoms with Crippen LogP contribution in [0.5, 0.6) is 0 Å². The van der Waals surface area contributed by atoms with E-state index in [1.54, 1.807) is 18.7 Å². The number of nitrogens with zero attached hydrogens (tertiary/aromatic N) is 1. The zero-order valence-corrected chi connectivity index (χ0v) is 12.8. The SMILES string of the molecule is CC(C(=O)N1CCSCC1C(=O)O)C(N)c1ccccc1. The van der Waals surface area contributed by atoms with Crippen molar-refractivity contribution in [1.82, 2.24) is 4.90 Å². The van der Waals surface area contributed by atoms with Crippen molar-refractivity contribution in [2.24, 2.45) is 11.7 Å². The molecule has 3 unspecified atom stereocenters. The second kappa shape index (κ2) is 6.95. The smallest absolute Gasteiger partial charge is 0.327 e. The van der Waals surface area contributed by atoms with Gasteiger partial charge in [-0.15, -0.1) is 0 Å². The summed E-state index contributed by atoms with van der Waals surface area (Å²) >= 11 is 1.56. The molecule has 0 aromatic heterocycles. The van der Waals surface area contributed by atoms with E-state index in [4.69, 9.17) is 5.73 Å². The van der Waals surface area contributed by atoms with Crippen LogP contribution in [0.1, 0.15) is 18.5 Å². The lowest BCUT2D eigenvalue weighted by Gasteiger charge is -2.35. The first-order chi connectivity index (χ1) is 10.0. The van der Waals surface area contributed by atoms with Gasteiger partial charge in [-0.05, 0) is 5.56 Å². The second-order valence-corrected chi connectivity index (χ2v) is 6.34. The number of benzene rings is 1. The number of carbonyl (C=O) groups excluding carboxylic acids is 1. The molecule has 1 aromatic rings. The van der Waals surface area contributed by atoms with Crippen LogP contribution in [0, 0.1) is 5.92 Å². The van der Waals surface area contributed by atoms with E-state index in [2.05, 4.69) is 0 Å². The van der Waals surface area contributed by atoms with Crippen LogP contribution in [0.2, 0.25) is 0 Å². The standard InChI is InChI=1S/C15H20N2O3S/c1-10(13(16)11-5-3-2-4-6-11)14(18)17-7-8-21-9-12(17)15(19)20/h2-6,10,12-13H,7-9,16H2,1H3,(H,19,20). The van der Waals surface area contributed by atoms with Gasteiger partial charge in [0.1, 0.15) is 6.04 Å². The van der Waals surface area contributed by atoms with Crippen LogP contribution < -0.4 is 5.73 Å². The van der Waals surface area contributed by atoms with E-state index >= 15 is 0 Å². The fraction of sp³-hybridized carbons (Fsp3) is 0.467. The van der Waals surface area contributed by atoms with Crippen molar-refractivity contribution in [2.75, 3.05) is 18.1 Å². The van der Waals surface area contributed by atoms with Gasteiger partial charge in [-0.2, -0.15) is 11.8 Å². The van der Waals surface area contributed by atoms with Crippen molar-refractivity contribution in [3.05, 3.63) is 35.9 Å². The Morgan fingerprint density at radius 1 is 1.38 bits per heavy atom. The highest BCUT2D eigenvalue weighted by Gasteiger charge is 2.36. The summed E-state index contributed by atoms with van der Waals surface area (Å²) in [5, 5.41) is 9.26. The number of aliphatic carboxylic acids is 1. The average molecular weight is 308 g/mol. The van der Waals surface area contributed by atoms with Crippen molar-refractivity contribution in [3.8, 4) is 0 Å². The van der Waals surface area contributed by atoms with E-state index in [0.717, 1.165) is 11.3 Å². The molecule has 1 heterocycles. The van der Waals surface area contributed by atoms with Gasteiger partial charge in [-0.3, -0.25) is 4.79 Å². The Morgan fingerprint density at radius 3 is 2.67 bits per heavy atom. The molecule has 3 N–H and O–H groups in total. The molecule has 2 rings (SSSR count). The number of hydrogen-bond acceptors (Lipinski definition) is 4. The first-order valence-electron chi connectivity index (χ1n) is 6.94. The number of hydrogen-bond donors (Lipinski definition) is 2. The third-order valence-corrected chi connectivity index (χ3v) is 4.83. The molecule has 3 atom stereocenters. The molecule has 0 aliphatic carbocycles. The predicted octanol–water partition coefficient (Wildman–Crippen LogP) is 1.35. The molecule has 0 saturated carbocycles. The molecule has 1 saturated heterocycles. The molecule has 0 spiro atoms. The highest BCUT2D eigenvalue weighted by Crippen LogP contribution is 2.25. The Kier molecular flexibility index (Phi) is 5.25. The molecular formula is C15H20N2O3S. The number of carboxylic acid groups (broad SMARTS) is 1. The Bertz CT molecular complexity index is 509. The van der Waals surface area contributed by atoms with E-state index in [-0.39, 0.29) is 5.91 Å². The molecule has 1 amide bonds. The Balaban J connectivity index is 2.12. The van der Waals surface area contributed by atoms with Crippen LogP contribution in [-0.4, -0.2) is 46.0 Å². The monoisotopic (exact) mass is 308 g/mol. The van der Waals surface area contributed by atoms with Gasteiger partial charge in [0.25, 0.3) is 0 Å². The van der Waals surface area contributed by atoms with E-state index in [1.807, 2.05) is 30.3 Å². The summed E-state index contributed by atoms with van der Waals surface area (Å²) < 4.78 is 0. The fourth-order valence-corrected chi connectivity index (χ4v) is 3.49. The summed E-state index contributed by atoms with van der Waals surface area (Å²) in [6.45, 7) is 2.23. The Morgan fingerprint density at radius 2 is 2.05 bits per heavy atom. The maximum Gasteiger partial charge on any atom is 0.327 e. The predicted molar refractivity (Wildman–Crippen MR) is 83.0 cm³/mol. The zero-order chi connectivity index (χ0) is 15.4. The summed E-state index contributed by atoms with van der Waals surface area (Å²) in [5.74, 6) is -0.371. The quantitative estimate of drug-likeness (QED) is 0.877. The molecule has 114 valence electrons. The van der Waals surface area contributed by atoms with E-state index in [1.165, 1.54) is 4.90 Å². The lowest BCUT2D eigenvalue weighted by molar-refractivity contribution is -0.151. The molecule has 5 nitrogen and oxygen atoms in total. The van der Waals surface area contributed by atoms with Gasteiger partial charge in [0.15, 0.2) is 0 Å². The van der Waals surface area contributed by atoms with Crippen LogP contribution in [0.25, 0.3) is 0 Å². The van der Waals surface area contributed by atoms with E-state index < -0.39 is 24.0 Å². The first kappa shape index (κ1) is 15.9. The van der Waals surface area contributed by atoms with Gasteiger partial charge in [0.05, 0.1) is 5.92 Å². The lowest BCUT2D eigenvalue weighted by atomic mass is 9.93. The largest absolute Gasteiger partial charge is 0.480 e. The molecule has 1 aromatic carbocycles. The number of nitrogens with two attached hydrogens (primary N) is 1. The minimum atomic E-state index is -0.948. The third kappa shape index (κ3) is 3.57. The molecule has 1 aliphatic heterocycles. The maximum absolute atomic E-state index is 12.6. The summed E-state index contributed by atoms with van der Waals surface area (Å²) in [5.41, 5.74) is 7.05. The average Bonchev–Trinajstić information content (AvgIpc) is 2.53. The highest BCUT2D eigenvalue weighted by atomic mass is 32.2. The normalized spacial score (nSPS) is 21.6. The zero-order valence-electron chi connectivity index (χ0n) is 11.9. The van der Waals surface area contributed by atoms with Crippen LogP contribution in [0.15, 0.2) is 30.3 Å². The van der Waals surface area contributed by atoms with Crippen molar-refractivity contribution in [1.29, 1.82) is 0 Å². The van der Waals surface area contributed by atoms with E-state index in [9.17, 15) is 14.7 Å². The van der Waals surface area contributed by atoms with Gasteiger partial charge in [0.2, 0.25) is 5.91 Å². The number of thioether (sulfide) groups is 1. The van der Waals surface area contributed by atoms with E-state index in [0.29, 0.717) is 12.3 Å². The first-order valence-corrected chi connectivity index (χ1v) is 8.09. The van der Waals surface area contributed by atoms with Crippen molar-refractivity contribution in [3.63, 3.8) is 0 Å². The lowest BCUT2D eigenvalue weighted by Crippen LogP contribution is -2.53. The van der Waals surface area contributed by atoms with Crippen molar-refractivity contribution >= 4 is 23.6 Å². The molecule has 1 aliphatic rings.